The van der Waals surface area contributed by atoms with Gasteiger partial charge in [-0.1, -0.05) is 47.7 Å². The summed E-state index contributed by atoms with van der Waals surface area (Å²) >= 11 is 3.34. The SMILES string of the molecule is N#CC(NC1CCCCCC1)c1ccc(F)cc1Br. The number of nitrogens with one attached hydrogen (secondary N) is 1. The van der Waals surface area contributed by atoms with E-state index in [2.05, 4.69) is 27.3 Å². The lowest BCUT2D eigenvalue weighted by atomic mass is 10.0. The van der Waals surface area contributed by atoms with Crippen molar-refractivity contribution in [2.75, 3.05) is 0 Å². The first-order valence-corrected chi connectivity index (χ1v) is 7.60. The maximum atomic E-state index is 13.1. The maximum Gasteiger partial charge on any atom is 0.124 e. The summed E-state index contributed by atoms with van der Waals surface area (Å²) in [6, 6.07) is 6.79. The topological polar surface area (TPSA) is 35.8 Å². The molecule has 1 unspecified atom stereocenters. The number of rotatable bonds is 3. The molecule has 1 aliphatic carbocycles. The summed E-state index contributed by atoms with van der Waals surface area (Å²) < 4.78 is 13.7. The monoisotopic (exact) mass is 324 g/mol. The van der Waals surface area contributed by atoms with Gasteiger partial charge in [-0.15, -0.1) is 0 Å². The van der Waals surface area contributed by atoms with Gasteiger partial charge in [0.05, 0.1) is 6.07 Å². The van der Waals surface area contributed by atoms with E-state index >= 15 is 0 Å². The Kier molecular flexibility index (Phi) is 5.35. The van der Waals surface area contributed by atoms with E-state index in [1.807, 2.05) is 0 Å². The molecule has 1 aromatic rings. The molecule has 0 saturated heterocycles. The predicted octanol–water partition coefficient (Wildman–Crippen LogP) is 4.47. The van der Waals surface area contributed by atoms with Crippen LogP contribution in [0.4, 0.5) is 4.39 Å². The first kappa shape index (κ1) is 14.5. The first-order valence-electron chi connectivity index (χ1n) is 6.81. The van der Waals surface area contributed by atoms with E-state index in [0.717, 1.165) is 18.4 Å². The summed E-state index contributed by atoms with van der Waals surface area (Å²) in [5, 5.41) is 12.8. The van der Waals surface area contributed by atoms with E-state index in [9.17, 15) is 9.65 Å². The molecule has 0 aromatic heterocycles. The van der Waals surface area contributed by atoms with E-state index in [1.54, 1.807) is 6.07 Å². The standard InChI is InChI=1S/C15H18BrFN2/c16-14-9-11(17)7-8-13(14)15(10-18)19-12-5-3-1-2-4-6-12/h7-9,12,15,19H,1-6H2. The van der Waals surface area contributed by atoms with Crippen LogP contribution in [0.3, 0.4) is 0 Å². The summed E-state index contributed by atoms with van der Waals surface area (Å²) in [7, 11) is 0. The van der Waals surface area contributed by atoms with Crippen LogP contribution in [0.1, 0.15) is 50.1 Å². The zero-order valence-electron chi connectivity index (χ0n) is 10.8. The molecule has 0 bridgehead atoms. The summed E-state index contributed by atoms with van der Waals surface area (Å²) in [4.78, 5) is 0. The Balaban J connectivity index is 2.09. The van der Waals surface area contributed by atoms with Crippen LogP contribution < -0.4 is 5.32 Å². The number of hydrogen-bond donors (Lipinski definition) is 1. The van der Waals surface area contributed by atoms with Crippen molar-refractivity contribution >= 4 is 15.9 Å². The Morgan fingerprint density at radius 2 is 1.95 bits per heavy atom. The molecule has 0 aliphatic heterocycles. The lowest BCUT2D eigenvalue weighted by Crippen LogP contribution is -2.32. The van der Waals surface area contributed by atoms with Crippen molar-refractivity contribution in [3.63, 3.8) is 0 Å². The van der Waals surface area contributed by atoms with Gasteiger partial charge in [-0.2, -0.15) is 5.26 Å². The van der Waals surface area contributed by atoms with E-state index in [1.165, 1.54) is 37.8 Å². The van der Waals surface area contributed by atoms with E-state index in [-0.39, 0.29) is 11.9 Å². The Morgan fingerprint density at radius 3 is 2.53 bits per heavy atom. The zero-order valence-corrected chi connectivity index (χ0v) is 12.4. The summed E-state index contributed by atoms with van der Waals surface area (Å²) in [6.45, 7) is 0. The van der Waals surface area contributed by atoms with E-state index in [4.69, 9.17) is 0 Å². The fourth-order valence-corrected chi connectivity index (χ4v) is 3.19. The molecule has 19 heavy (non-hydrogen) atoms. The summed E-state index contributed by atoms with van der Waals surface area (Å²) in [6.07, 6.45) is 7.26. The van der Waals surface area contributed by atoms with Gasteiger partial charge < -0.3 is 0 Å². The summed E-state index contributed by atoms with van der Waals surface area (Å²) in [5.74, 6) is -0.290. The minimum atomic E-state index is -0.377. The number of hydrogen-bond acceptors (Lipinski definition) is 2. The van der Waals surface area contributed by atoms with Gasteiger partial charge in [-0.05, 0) is 30.5 Å². The predicted molar refractivity (Wildman–Crippen MR) is 77.1 cm³/mol. The maximum absolute atomic E-state index is 13.1. The molecule has 0 radical (unpaired) electrons. The molecule has 2 rings (SSSR count). The molecular formula is C15H18BrFN2. The molecule has 102 valence electrons. The average molecular weight is 325 g/mol. The van der Waals surface area contributed by atoms with Crippen molar-refractivity contribution in [3.8, 4) is 6.07 Å². The zero-order chi connectivity index (χ0) is 13.7. The van der Waals surface area contributed by atoms with Crippen LogP contribution >= 0.6 is 15.9 Å². The molecule has 1 N–H and O–H groups in total. The van der Waals surface area contributed by atoms with Crippen molar-refractivity contribution in [2.24, 2.45) is 0 Å². The van der Waals surface area contributed by atoms with Gasteiger partial charge in [0.25, 0.3) is 0 Å². The third-order valence-corrected chi connectivity index (χ3v) is 4.35. The molecule has 1 aromatic carbocycles. The minimum absolute atomic E-state index is 0.290. The highest BCUT2D eigenvalue weighted by Crippen LogP contribution is 2.26. The fraction of sp³-hybridized carbons (Fsp3) is 0.533. The molecular weight excluding hydrogens is 307 g/mol. The molecule has 0 amide bonds. The normalized spacial score (nSPS) is 18.6. The molecule has 2 nitrogen and oxygen atoms in total. The van der Waals surface area contributed by atoms with Gasteiger partial charge >= 0.3 is 0 Å². The van der Waals surface area contributed by atoms with Gasteiger partial charge in [0.15, 0.2) is 0 Å². The van der Waals surface area contributed by atoms with Crippen LogP contribution in [-0.4, -0.2) is 6.04 Å². The number of halogens is 2. The van der Waals surface area contributed by atoms with Crippen LogP contribution in [0.25, 0.3) is 0 Å². The van der Waals surface area contributed by atoms with E-state index < -0.39 is 0 Å². The molecule has 0 heterocycles. The molecule has 1 aliphatic rings. The van der Waals surface area contributed by atoms with Crippen LogP contribution in [0.2, 0.25) is 0 Å². The smallest absolute Gasteiger partial charge is 0.124 e. The summed E-state index contributed by atoms with van der Waals surface area (Å²) in [5.41, 5.74) is 0.813. The largest absolute Gasteiger partial charge is 0.295 e. The minimum Gasteiger partial charge on any atom is -0.295 e. The van der Waals surface area contributed by atoms with Gasteiger partial charge in [0.2, 0.25) is 0 Å². The quantitative estimate of drug-likeness (QED) is 0.833. The van der Waals surface area contributed by atoms with Crippen LogP contribution in [0, 0.1) is 17.1 Å². The van der Waals surface area contributed by atoms with Crippen molar-refractivity contribution < 1.29 is 4.39 Å². The second kappa shape index (κ2) is 7.02. The Morgan fingerprint density at radius 1 is 1.26 bits per heavy atom. The Labute approximate surface area is 122 Å². The second-order valence-electron chi connectivity index (χ2n) is 5.08. The highest BCUT2D eigenvalue weighted by atomic mass is 79.9. The van der Waals surface area contributed by atoms with Crippen molar-refractivity contribution in [1.29, 1.82) is 5.26 Å². The van der Waals surface area contributed by atoms with Gasteiger partial charge in [-0.25, -0.2) is 4.39 Å². The second-order valence-corrected chi connectivity index (χ2v) is 5.94. The molecule has 1 saturated carbocycles. The Bertz CT molecular complexity index is 462. The third kappa shape index (κ3) is 4.02. The van der Waals surface area contributed by atoms with E-state index in [0.29, 0.717) is 10.5 Å². The lowest BCUT2D eigenvalue weighted by Gasteiger charge is -2.21. The number of nitriles is 1. The van der Waals surface area contributed by atoms with Crippen molar-refractivity contribution in [1.82, 2.24) is 5.32 Å². The van der Waals surface area contributed by atoms with Gasteiger partial charge in [0.1, 0.15) is 11.9 Å². The fourth-order valence-electron chi connectivity index (χ4n) is 2.61. The molecule has 1 fully saturated rings. The highest BCUT2D eigenvalue weighted by Gasteiger charge is 2.19. The van der Waals surface area contributed by atoms with Crippen molar-refractivity contribution in [2.45, 2.75) is 50.6 Å². The van der Waals surface area contributed by atoms with Crippen LogP contribution in [-0.2, 0) is 0 Å². The first-order chi connectivity index (χ1) is 9.20. The molecule has 0 spiro atoms. The number of benzene rings is 1. The van der Waals surface area contributed by atoms with Crippen LogP contribution in [0.5, 0.6) is 0 Å². The third-order valence-electron chi connectivity index (χ3n) is 3.66. The molecule has 4 heteroatoms. The highest BCUT2D eigenvalue weighted by molar-refractivity contribution is 9.10. The van der Waals surface area contributed by atoms with Crippen molar-refractivity contribution in [3.05, 3.63) is 34.1 Å². The lowest BCUT2D eigenvalue weighted by molar-refractivity contribution is 0.436. The Hall–Kier alpha value is -0.920. The average Bonchev–Trinajstić information content (AvgIpc) is 2.65. The number of nitrogens with zero attached hydrogens (tertiary/aromatic N) is 1. The molecule has 1 atom stereocenters. The van der Waals surface area contributed by atoms with Gasteiger partial charge in [0, 0.05) is 10.5 Å². The van der Waals surface area contributed by atoms with Gasteiger partial charge in [-0.3, -0.25) is 5.32 Å². The van der Waals surface area contributed by atoms with Crippen LogP contribution in [0.15, 0.2) is 22.7 Å².